The minimum atomic E-state index is -0.231. The molecule has 2 aromatic heterocycles. The summed E-state index contributed by atoms with van der Waals surface area (Å²) in [4.78, 5) is 17.1. The number of carbonyl (C=O) groups is 1. The Kier molecular flexibility index (Phi) is 4.06. The number of aromatic nitrogens is 2. The van der Waals surface area contributed by atoms with E-state index in [9.17, 15) is 4.79 Å². The quantitative estimate of drug-likeness (QED) is 0.577. The monoisotopic (exact) mass is 332 g/mol. The normalized spacial score (nSPS) is 15.8. The van der Waals surface area contributed by atoms with Gasteiger partial charge in [0.25, 0.3) is 5.91 Å². The smallest absolute Gasteiger partial charge is 0.290 e. The average molecular weight is 332 g/mol. The van der Waals surface area contributed by atoms with Gasteiger partial charge >= 0.3 is 0 Å². The van der Waals surface area contributed by atoms with Gasteiger partial charge in [0.15, 0.2) is 0 Å². The summed E-state index contributed by atoms with van der Waals surface area (Å²) in [6.07, 6.45) is 6.02. The molecule has 126 valence electrons. The van der Waals surface area contributed by atoms with Gasteiger partial charge in [0, 0.05) is 11.8 Å². The average Bonchev–Trinajstić information content (AvgIpc) is 2.83. The van der Waals surface area contributed by atoms with Crippen LogP contribution in [0.4, 0.5) is 0 Å². The summed E-state index contributed by atoms with van der Waals surface area (Å²) < 4.78 is 1.80. The minimum absolute atomic E-state index is 0.231. The Hall–Kier alpha value is -2.95. The van der Waals surface area contributed by atoms with Gasteiger partial charge < -0.3 is 0 Å². The predicted octanol–water partition coefficient (Wildman–Crippen LogP) is 3.50. The lowest BCUT2D eigenvalue weighted by Crippen LogP contribution is -2.22. The third kappa shape index (κ3) is 2.93. The molecule has 0 bridgehead atoms. The largest absolute Gasteiger partial charge is 0.295 e. The van der Waals surface area contributed by atoms with Gasteiger partial charge in [-0.25, -0.2) is 10.4 Å². The first-order chi connectivity index (χ1) is 12.2. The van der Waals surface area contributed by atoms with Gasteiger partial charge in [0.1, 0.15) is 11.3 Å². The Bertz CT molecular complexity index is 971. The van der Waals surface area contributed by atoms with Gasteiger partial charge in [-0.15, -0.1) is 0 Å². The molecular weight excluding hydrogens is 312 g/mol. The highest BCUT2D eigenvalue weighted by Gasteiger charge is 2.17. The molecule has 2 heterocycles. The Morgan fingerprint density at radius 1 is 1.12 bits per heavy atom. The van der Waals surface area contributed by atoms with Crippen LogP contribution in [-0.4, -0.2) is 21.0 Å². The van der Waals surface area contributed by atoms with Crippen LogP contribution in [0.5, 0.6) is 0 Å². The number of rotatable bonds is 2. The van der Waals surface area contributed by atoms with Crippen molar-refractivity contribution < 1.29 is 4.79 Å². The SMILES string of the molecule is Cc1nc2ccccn2c1C(=O)N/N=C1/CCCCc2ccccc21. The molecule has 0 fully saturated rings. The molecular formula is C20H20N4O. The number of hydrogen-bond donors (Lipinski definition) is 1. The van der Waals surface area contributed by atoms with Crippen molar-refractivity contribution in [2.24, 2.45) is 5.10 Å². The van der Waals surface area contributed by atoms with E-state index in [1.165, 1.54) is 5.56 Å². The van der Waals surface area contributed by atoms with Crippen molar-refractivity contribution in [2.75, 3.05) is 0 Å². The molecule has 1 aliphatic rings. The van der Waals surface area contributed by atoms with E-state index in [4.69, 9.17) is 0 Å². The van der Waals surface area contributed by atoms with E-state index in [0.29, 0.717) is 11.4 Å². The molecule has 1 aromatic carbocycles. The van der Waals surface area contributed by atoms with Crippen molar-refractivity contribution in [3.05, 3.63) is 71.2 Å². The molecule has 0 atom stereocenters. The molecule has 1 amide bonds. The molecule has 1 N–H and O–H groups in total. The molecule has 0 saturated heterocycles. The van der Waals surface area contributed by atoms with E-state index >= 15 is 0 Å². The van der Waals surface area contributed by atoms with Crippen LogP contribution in [-0.2, 0) is 6.42 Å². The van der Waals surface area contributed by atoms with Gasteiger partial charge in [-0.1, -0.05) is 30.3 Å². The van der Waals surface area contributed by atoms with Crippen molar-refractivity contribution in [2.45, 2.75) is 32.6 Å². The van der Waals surface area contributed by atoms with E-state index in [1.807, 2.05) is 37.4 Å². The molecule has 0 radical (unpaired) electrons. The Labute approximate surface area is 146 Å². The zero-order chi connectivity index (χ0) is 17.2. The number of hydrogen-bond acceptors (Lipinski definition) is 3. The summed E-state index contributed by atoms with van der Waals surface area (Å²) in [5.41, 5.74) is 8.14. The summed E-state index contributed by atoms with van der Waals surface area (Å²) in [6.45, 7) is 1.84. The van der Waals surface area contributed by atoms with E-state index in [2.05, 4.69) is 33.7 Å². The molecule has 5 heteroatoms. The van der Waals surface area contributed by atoms with Crippen LogP contribution in [0, 0.1) is 6.92 Å². The van der Waals surface area contributed by atoms with Gasteiger partial charge in [0.05, 0.1) is 11.4 Å². The Morgan fingerprint density at radius 2 is 1.92 bits per heavy atom. The van der Waals surface area contributed by atoms with Crippen LogP contribution >= 0.6 is 0 Å². The summed E-state index contributed by atoms with van der Waals surface area (Å²) in [6, 6.07) is 14.0. The van der Waals surface area contributed by atoms with Crippen molar-refractivity contribution >= 4 is 17.3 Å². The fourth-order valence-electron chi connectivity index (χ4n) is 3.44. The van der Waals surface area contributed by atoms with E-state index in [0.717, 1.165) is 42.6 Å². The topological polar surface area (TPSA) is 58.8 Å². The summed E-state index contributed by atoms with van der Waals surface area (Å²) >= 11 is 0. The number of fused-ring (bicyclic) bond motifs is 2. The molecule has 0 saturated carbocycles. The lowest BCUT2D eigenvalue weighted by atomic mass is 10.0. The first-order valence-electron chi connectivity index (χ1n) is 8.63. The second-order valence-corrected chi connectivity index (χ2v) is 6.34. The van der Waals surface area contributed by atoms with Gasteiger partial charge in [-0.05, 0) is 50.3 Å². The van der Waals surface area contributed by atoms with Crippen LogP contribution in [0.1, 0.15) is 46.6 Å². The maximum Gasteiger partial charge on any atom is 0.290 e. The molecule has 4 rings (SSSR count). The molecule has 3 aromatic rings. The lowest BCUT2D eigenvalue weighted by Gasteiger charge is -2.08. The third-order valence-corrected chi connectivity index (χ3v) is 4.65. The van der Waals surface area contributed by atoms with Crippen LogP contribution in [0.3, 0.4) is 0 Å². The number of imidazole rings is 1. The highest BCUT2D eigenvalue weighted by Crippen LogP contribution is 2.21. The fraction of sp³-hybridized carbons (Fsp3) is 0.250. The molecule has 25 heavy (non-hydrogen) atoms. The molecule has 5 nitrogen and oxygen atoms in total. The van der Waals surface area contributed by atoms with Crippen molar-refractivity contribution in [3.8, 4) is 0 Å². The molecule has 0 unspecified atom stereocenters. The number of amides is 1. The first kappa shape index (κ1) is 15.6. The number of carbonyl (C=O) groups excluding carboxylic acids is 1. The summed E-state index contributed by atoms with van der Waals surface area (Å²) in [5.74, 6) is -0.231. The zero-order valence-electron chi connectivity index (χ0n) is 14.2. The van der Waals surface area contributed by atoms with Crippen LogP contribution in [0.15, 0.2) is 53.8 Å². The summed E-state index contributed by atoms with van der Waals surface area (Å²) in [7, 11) is 0. The molecule has 0 spiro atoms. The number of nitrogens with zero attached hydrogens (tertiary/aromatic N) is 3. The Morgan fingerprint density at radius 3 is 2.84 bits per heavy atom. The number of benzene rings is 1. The van der Waals surface area contributed by atoms with Crippen LogP contribution in [0.25, 0.3) is 5.65 Å². The van der Waals surface area contributed by atoms with E-state index < -0.39 is 0 Å². The number of hydrazone groups is 1. The number of aryl methyl sites for hydroxylation is 2. The lowest BCUT2D eigenvalue weighted by molar-refractivity contribution is 0.0948. The van der Waals surface area contributed by atoms with Crippen molar-refractivity contribution in [1.82, 2.24) is 14.8 Å². The third-order valence-electron chi connectivity index (χ3n) is 4.65. The maximum atomic E-state index is 12.7. The second kappa shape index (κ2) is 6.51. The van der Waals surface area contributed by atoms with Crippen LogP contribution < -0.4 is 5.43 Å². The molecule has 1 aliphatic carbocycles. The minimum Gasteiger partial charge on any atom is -0.295 e. The van der Waals surface area contributed by atoms with E-state index in [1.54, 1.807) is 4.40 Å². The van der Waals surface area contributed by atoms with Crippen LogP contribution in [0.2, 0.25) is 0 Å². The zero-order valence-corrected chi connectivity index (χ0v) is 14.2. The highest BCUT2D eigenvalue weighted by molar-refractivity contribution is 6.03. The fourth-order valence-corrected chi connectivity index (χ4v) is 3.44. The highest BCUT2D eigenvalue weighted by atomic mass is 16.2. The van der Waals surface area contributed by atoms with Gasteiger partial charge in [-0.2, -0.15) is 5.10 Å². The maximum absolute atomic E-state index is 12.7. The van der Waals surface area contributed by atoms with Crippen molar-refractivity contribution in [3.63, 3.8) is 0 Å². The van der Waals surface area contributed by atoms with Crippen molar-refractivity contribution in [1.29, 1.82) is 0 Å². The second-order valence-electron chi connectivity index (χ2n) is 6.34. The molecule has 0 aliphatic heterocycles. The number of pyridine rings is 1. The van der Waals surface area contributed by atoms with E-state index in [-0.39, 0.29) is 5.91 Å². The number of nitrogens with one attached hydrogen (secondary N) is 1. The van der Waals surface area contributed by atoms with Gasteiger partial charge in [0.2, 0.25) is 0 Å². The summed E-state index contributed by atoms with van der Waals surface area (Å²) in [5, 5.41) is 4.46. The van der Waals surface area contributed by atoms with Gasteiger partial charge in [-0.3, -0.25) is 9.20 Å². The predicted molar refractivity (Wildman–Crippen MR) is 97.9 cm³/mol. The Balaban J connectivity index is 1.65. The standard InChI is InChI=1S/C20H20N4O/c1-14-19(24-13-7-6-12-18(24)21-14)20(25)23-22-17-11-5-3-9-15-8-2-4-10-16(15)17/h2,4,6-8,10,12-13H,3,5,9,11H2,1H3,(H,23,25)/b22-17-. The first-order valence-corrected chi connectivity index (χ1v) is 8.63.